The lowest BCUT2D eigenvalue weighted by Gasteiger charge is -2.18. The van der Waals surface area contributed by atoms with Crippen LogP contribution in [-0.2, 0) is 0 Å². The average Bonchev–Trinajstić information content (AvgIpc) is 2.77. The van der Waals surface area contributed by atoms with Crippen molar-refractivity contribution in [3.05, 3.63) is 27.4 Å². The molecule has 4 heteroatoms. The first kappa shape index (κ1) is 12.4. The van der Waals surface area contributed by atoms with Crippen LogP contribution in [0.15, 0.2) is 22.7 Å². The van der Waals surface area contributed by atoms with E-state index < -0.39 is 0 Å². The number of rotatable bonds is 1. The highest BCUT2D eigenvalue weighted by Crippen LogP contribution is 2.44. The van der Waals surface area contributed by atoms with Crippen molar-refractivity contribution in [1.29, 1.82) is 0 Å². The van der Waals surface area contributed by atoms with Gasteiger partial charge in [0.2, 0.25) is 0 Å². The van der Waals surface area contributed by atoms with Gasteiger partial charge in [-0.3, -0.25) is 0 Å². The molecule has 1 aliphatic rings. The van der Waals surface area contributed by atoms with Crippen molar-refractivity contribution in [1.82, 2.24) is 9.55 Å². The van der Waals surface area contributed by atoms with E-state index >= 15 is 0 Å². The summed E-state index contributed by atoms with van der Waals surface area (Å²) >= 11 is 9.00. The van der Waals surface area contributed by atoms with Crippen molar-refractivity contribution in [2.45, 2.75) is 39.2 Å². The molecule has 1 saturated carbocycles. The minimum Gasteiger partial charge on any atom is -0.331 e. The number of hydrogen-bond acceptors (Lipinski definition) is 1. The number of aromatic nitrogens is 2. The molecule has 0 aliphatic heterocycles. The van der Waals surface area contributed by atoms with Crippen molar-refractivity contribution in [2.75, 3.05) is 0 Å². The summed E-state index contributed by atoms with van der Waals surface area (Å²) < 4.78 is 4.25. The molecule has 1 atom stereocenters. The fraction of sp³-hybridized carbons (Fsp3) is 0.500. The summed E-state index contributed by atoms with van der Waals surface area (Å²) in [5, 5.41) is 0. The summed E-state index contributed by atoms with van der Waals surface area (Å²) in [6.45, 7) is 4.70. The Hall–Kier alpha value is -0.610. The molecule has 1 unspecified atom stereocenters. The summed E-state index contributed by atoms with van der Waals surface area (Å²) in [5.41, 5.74) is 2.79. The molecule has 96 valence electrons. The maximum absolute atomic E-state index is 5.50. The summed E-state index contributed by atoms with van der Waals surface area (Å²) in [7, 11) is 0. The summed E-state index contributed by atoms with van der Waals surface area (Å²) in [4.78, 5) is 3.32. The van der Waals surface area contributed by atoms with Crippen LogP contribution >= 0.6 is 28.1 Å². The van der Waals surface area contributed by atoms with Gasteiger partial charge in [-0.1, -0.05) is 29.8 Å². The second-order valence-electron chi connectivity index (χ2n) is 6.02. The molecule has 2 aromatic rings. The van der Waals surface area contributed by atoms with Gasteiger partial charge in [-0.2, -0.15) is 0 Å². The number of imidazole rings is 1. The monoisotopic (exact) mass is 324 g/mol. The Morgan fingerprint density at radius 2 is 2.22 bits per heavy atom. The van der Waals surface area contributed by atoms with Crippen LogP contribution in [-0.4, -0.2) is 9.55 Å². The molecule has 1 N–H and O–H groups in total. The van der Waals surface area contributed by atoms with E-state index in [9.17, 15) is 0 Å². The molecule has 1 aromatic carbocycles. The maximum Gasteiger partial charge on any atom is 0.178 e. The molecule has 2 nitrogen and oxygen atoms in total. The first-order valence-corrected chi connectivity index (χ1v) is 7.56. The minimum atomic E-state index is 0.443. The molecule has 3 rings (SSSR count). The molecule has 0 saturated heterocycles. The maximum atomic E-state index is 5.50. The van der Waals surface area contributed by atoms with E-state index in [1.807, 2.05) is 0 Å². The lowest BCUT2D eigenvalue weighted by molar-refractivity contribution is 0.360. The van der Waals surface area contributed by atoms with Crippen molar-refractivity contribution < 1.29 is 0 Å². The molecule has 1 fully saturated rings. The lowest BCUT2D eigenvalue weighted by Crippen LogP contribution is -2.09. The van der Waals surface area contributed by atoms with Crippen LogP contribution in [0, 0.1) is 10.2 Å². The number of hydrogen-bond donors (Lipinski definition) is 1. The highest BCUT2D eigenvalue weighted by Gasteiger charge is 2.32. The van der Waals surface area contributed by atoms with Gasteiger partial charge in [0.05, 0.1) is 11.0 Å². The van der Waals surface area contributed by atoms with Crippen LogP contribution in [0.2, 0.25) is 0 Å². The summed E-state index contributed by atoms with van der Waals surface area (Å²) in [6, 6.07) is 6.88. The number of fused-ring (bicyclic) bond motifs is 1. The second kappa shape index (κ2) is 4.20. The number of benzene rings is 1. The number of nitrogens with zero attached hydrogens (tertiary/aromatic N) is 1. The Balaban J connectivity index is 2.12. The van der Waals surface area contributed by atoms with Crippen molar-refractivity contribution >= 4 is 39.2 Å². The molecule has 1 aromatic heterocycles. The van der Waals surface area contributed by atoms with E-state index in [1.54, 1.807) is 0 Å². The predicted molar refractivity (Wildman–Crippen MR) is 81.5 cm³/mol. The number of halogens is 1. The van der Waals surface area contributed by atoms with Crippen LogP contribution in [0.1, 0.15) is 39.2 Å². The van der Waals surface area contributed by atoms with E-state index in [0.717, 1.165) is 14.8 Å². The zero-order chi connectivity index (χ0) is 12.9. The fourth-order valence-electron chi connectivity index (χ4n) is 3.09. The standard InChI is InChI=1S/C14H17BrN2S/c1-14(2)6-5-10(8-14)17-12-4-3-9(15)7-11(12)16-13(17)18/h3-4,7,10H,5-6,8H2,1-2H3,(H,16,18). The molecular formula is C14H17BrN2S. The average molecular weight is 325 g/mol. The number of H-pyrrole nitrogens is 1. The van der Waals surface area contributed by atoms with Gasteiger partial charge in [0.1, 0.15) is 0 Å². The highest BCUT2D eigenvalue weighted by atomic mass is 79.9. The predicted octanol–water partition coefficient (Wildman–Crippen LogP) is 5.21. The molecular weight excluding hydrogens is 308 g/mol. The molecule has 1 aliphatic carbocycles. The van der Waals surface area contributed by atoms with Crippen LogP contribution in [0.4, 0.5) is 0 Å². The second-order valence-corrected chi connectivity index (χ2v) is 7.32. The van der Waals surface area contributed by atoms with Crippen molar-refractivity contribution in [2.24, 2.45) is 5.41 Å². The van der Waals surface area contributed by atoms with Gasteiger partial charge >= 0.3 is 0 Å². The molecule has 1 heterocycles. The van der Waals surface area contributed by atoms with Gasteiger partial charge in [-0.15, -0.1) is 0 Å². The molecule has 0 radical (unpaired) electrons. The van der Waals surface area contributed by atoms with Crippen LogP contribution in [0.5, 0.6) is 0 Å². The Labute approximate surface area is 121 Å². The van der Waals surface area contributed by atoms with Gasteiger partial charge in [0.25, 0.3) is 0 Å². The number of nitrogens with one attached hydrogen (secondary N) is 1. The van der Waals surface area contributed by atoms with Crippen molar-refractivity contribution in [3.63, 3.8) is 0 Å². The largest absolute Gasteiger partial charge is 0.331 e. The molecule has 18 heavy (non-hydrogen) atoms. The van der Waals surface area contributed by atoms with Crippen LogP contribution in [0.3, 0.4) is 0 Å². The van der Waals surface area contributed by atoms with Gasteiger partial charge < -0.3 is 9.55 Å². The van der Waals surface area contributed by atoms with Gasteiger partial charge in [0, 0.05) is 10.5 Å². The van der Waals surface area contributed by atoms with E-state index in [-0.39, 0.29) is 0 Å². The molecule has 0 bridgehead atoms. The van der Waals surface area contributed by atoms with Gasteiger partial charge in [0.15, 0.2) is 4.77 Å². The van der Waals surface area contributed by atoms with E-state index in [0.29, 0.717) is 11.5 Å². The normalized spacial score (nSPS) is 22.7. The van der Waals surface area contributed by atoms with E-state index in [2.05, 4.69) is 57.5 Å². The topological polar surface area (TPSA) is 20.7 Å². The minimum absolute atomic E-state index is 0.443. The zero-order valence-electron chi connectivity index (χ0n) is 10.7. The Morgan fingerprint density at radius 3 is 2.89 bits per heavy atom. The smallest absolute Gasteiger partial charge is 0.178 e. The Kier molecular flexibility index (Phi) is 2.90. The molecule has 0 amide bonds. The van der Waals surface area contributed by atoms with Gasteiger partial charge in [-0.05, 0) is 55.1 Å². The van der Waals surface area contributed by atoms with Crippen LogP contribution < -0.4 is 0 Å². The number of aromatic amines is 1. The third-order valence-electron chi connectivity index (χ3n) is 3.99. The summed E-state index contributed by atoms with van der Waals surface area (Å²) in [5.74, 6) is 0. The van der Waals surface area contributed by atoms with Crippen LogP contribution in [0.25, 0.3) is 11.0 Å². The first-order valence-electron chi connectivity index (χ1n) is 6.36. The Bertz CT molecular complexity index is 653. The van der Waals surface area contributed by atoms with Crippen molar-refractivity contribution in [3.8, 4) is 0 Å². The summed E-state index contributed by atoms with van der Waals surface area (Å²) in [6.07, 6.45) is 3.72. The zero-order valence-corrected chi connectivity index (χ0v) is 13.1. The quantitative estimate of drug-likeness (QED) is 0.714. The molecule has 0 spiro atoms. The SMILES string of the molecule is CC1(C)CCC(n2c(=S)[nH]c3cc(Br)ccc32)C1. The Morgan fingerprint density at radius 1 is 1.44 bits per heavy atom. The van der Waals surface area contributed by atoms with E-state index in [1.165, 1.54) is 24.8 Å². The third-order valence-corrected chi connectivity index (χ3v) is 4.78. The first-order chi connectivity index (χ1) is 8.46. The van der Waals surface area contributed by atoms with Gasteiger partial charge in [-0.25, -0.2) is 0 Å². The van der Waals surface area contributed by atoms with E-state index in [4.69, 9.17) is 12.2 Å². The highest BCUT2D eigenvalue weighted by molar-refractivity contribution is 9.10. The lowest BCUT2D eigenvalue weighted by atomic mass is 9.92. The third kappa shape index (κ3) is 2.05. The fourth-order valence-corrected chi connectivity index (χ4v) is 3.80.